The number of carbonyl (C=O) groups is 1. The van der Waals surface area contributed by atoms with Crippen LogP contribution in [0.1, 0.15) is 21.6 Å². The van der Waals surface area contributed by atoms with Gasteiger partial charge in [-0.15, -0.1) is 0 Å². The maximum Gasteiger partial charge on any atom is 0.249 e. The summed E-state index contributed by atoms with van der Waals surface area (Å²) >= 11 is 0. The second-order valence-electron chi connectivity index (χ2n) is 4.22. The van der Waals surface area contributed by atoms with Crippen LogP contribution in [0.25, 0.3) is 11.1 Å². The molecule has 0 aliphatic rings. The van der Waals surface area contributed by atoms with Crippen molar-refractivity contribution in [2.75, 3.05) is 0 Å². The van der Waals surface area contributed by atoms with E-state index in [0.717, 1.165) is 22.4 Å². The maximum atomic E-state index is 11.5. The van der Waals surface area contributed by atoms with Gasteiger partial charge in [-0.2, -0.15) is 5.10 Å². The molecule has 1 amide bonds. The van der Waals surface area contributed by atoms with Crippen LogP contribution >= 0.6 is 0 Å². The first-order chi connectivity index (χ1) is 7.99. The highest BCUT2D eigenvalue weighted by atomic mass is 16.1. The number of nitrogens with two attached hydrogens (primary N) is 1. The summed E-state index contributed by atoms with van der Waals surface area (Å²) in [7, 11) is 1.86. The third-order valence-corrected chi connectivity index (χ3v) is 2.74. The Hall–Kier alpha value is -2.10. The highest BCUT2D eigenvalue weighted by Crippen LogP contribution is 2.26. The Morgan fingerprint density at radius 3 is 2.53 bits per heavy atom. The van der Waals surface area contributed by atoms with E-state index in [0.29, 0.717) is 5.56 Å². The van der Waals surface area contributed by atoms with Crippen molar-refractivity contribution in [1.29, 1.82) is 0 Å². The fourth-order valence-corrected chi connectivity index (χ4v) is 1.96. The Labute approximate surface area is 100 Å². The molecule has 4 nitrogen and oxygen atoms in total. The van der Waals surface area contributed by atoms with E-state index in [1.165, 1.54) is 0 Å². The van der Waals surface area contributed by atoms with E-state index in [-0.39, 0.29) is 0 Å². The van der Waals surface area contributed by atoms with E-state index >= 15 is 0 Å². The average Bonchev–Trinajstić information content (AvgIpc) is 2.57. The summed E-state index contributed by atoms with van der Waals surface area (Å²) in [5.74, 6) is -0.410. The number of nitrogens with zero attached hydrogens (tertiary/aromatic N) is 2. The predicted molar refractivity (Wildman–Crippen MR) is 66.6 cm³/mol. The fraction of sp³-hybridized carbons (Fsp3) is 0.231. The van der Waals surface area contributed by atoms with Gasteiger partial charge in [0.2, 0.25) is 5.91 Å². The zero-order valence-electron chi connectivity index (χ0n) is 10.2. The highest BCUT2D eigenvalue weighted by molar-refractivity contribution is 6.00. The number of amides is 1. The van der Waals surface area contributed by atoms with E-state index in [2.05, 4.69) is 5.10 Å². The molecule has 17 heavy (non-hydrogen) atoms. The smallest absolute Gasteiger partial charge is 0.249 e. The Kier molecular flexibility index (Phi) is 2.71. The molecule has 2 rings (SSSR count). The van der Waals surface area contributed by atoms with Crippen molar-refractivity contribution in [3.05, 3.63) is 41.2 Å². The number of carbonyl (C=O) groups excluding carboxylic acids is 1. The van der Waals surface area contributed by atoms with Crippen molar-refractivity contribution >= 4 is 5.91 Å². The van der Waals surface area contributed by atoms with Crippen molar-refractivity contribution in [2.24, 2.45) is 12.8 Å². The lowest BCUT2D eigenvalue weighted by atomic mass is 9.98. The summed E-state index contributed by atoms with van der Waals surface area (Å²) in [5, 5.41) is 4.27. The van der Waals surface area contributed by atoms with Crippen LogP contribution in [0.4, 0.5) is 0 Å². The molecule has 0 spiro atoms. The largest absolute Gasteiger partial charge is 0.366 e. The summed E-state index contributed by atoms with van der Waals surface area (Å²) in [6.45, 7) is 3.85. The minimum absolute atomic E-state index is 0.410. The van der Waals surface area contributed by atoms with Gasteiger partial charge in [0.25, 0.3) is 0 Å². The van der Waals surface area contributed by atoms with Gasteiger partial charge in [-0.25, -0.2) is 0 Å². The molecule has 1 aromatic heterocycles. The Morgan fingerprint density at radius 2 is 2.00 bits per heavy atom. The predicted octanol–water partition coefficient (Wildman–Crippen LogP) is 1.80. The molecule has 0 saturated heterocycles. The second kappa shape index (κ2) is 4.05. The van der Waals surface area contributed by atoms with Crippen LogP contribution in [-0.2, 0) is 7.05 Å². The molecule has 0 aliphatic carbocycles. The van der Waals surface area contributed by atoms with E-state index < -0.39 is 5.91 Å². The minimum Gasteiger partial charge on any atom is -0.366 e. The summed E-state index contributed by atoms with van der Waals surface area (Å²) < 4.78 is 1.73. The zero-order chi connectivity index (χ0) is 12.6. The first kappa shape index (κ1) is 11.4. The van der Waals surface area contributed by atoms with Gasteiger partial charge < -0.3 is 5.73 Å². The first-order valence-electron chi connectivity index (χ1n) is 5.40. The number of aryl methyl sites for hydroxylation is 3. The number of primary amides is 1. The van der Waals surface area contributed by atoms with Crippen LogP contribution in [-0.4, -0.2) is 15.7 Å². The summed E-state index contributed by atoms with van der Waals surface area (Å²) in [4.78, 5) is 11.5. The van der Waals surface area contributed by atoms with Gasteiger partial charge in [-0.1, -0.05) is 17.7 Å². The van der Waals surface area contributed by atoms with E-state index in [1.54, 1.807) is 4.68 Å². The van der Waals surface area contributed by atoms with E-state index in [1.807, 2.05) is 45.3 Å². The molecule has 4 heteroatoms. The van der Waals surface area contributed by atoms with Gasteiger partial charge in [0.1, 0.15) is 0 Å². The third-order valence-electron chi connectivity index (χ3n) is 2.74. The summed E-state index contributed by atoms with van der Waals surface area (Å²) in [6, 6.07) is 5.69. The van der Waals surface area contributed by atoms with Crippen LogP contribution in [0.15, 0.2) is 24.4 Å². The standard InChI is InChI=1S/C13H15N3O/c1-8-4-5-10(11(6-8)13(14)17)12-7-16(3)15-9(12)2/h4-7H,1-3H3,(H2,14,17). The number of rotatable bonds is 2. The molecular weight excluding hydrogens is 214 g/mol. The monoisotopic (exact) mass is 229 g/mol. The van der Waals surface area contributed by atoms with Crippen LogP contribution in [0.2, 0.25) is 0 Å². The van der Waals surface area contributed by atoms with Gasteiger partial charge >= 0.3 is 0 Å². The number of hydrogen-bond donors (Lipinski definition) is 1. The average molecular weight is 229 g/mol. The molecule has 0 atom stereocenters. The molecule has 0 fully saturated rings. The number of aromatic nitrogens is 2. The second-order valence-corrected chi connectivity index (χ2v) is 4.22. The van der Waals surface area contributed by atoms with Crippen LogP contribution in [0, 0.1) is 13.8 Å². The minimum atomic E-state index is -0.410. The van der Waals surface area contributed by atoms with Crippen molar-refractivity contribution in [3.63, 3.8) is 0 Å². The Balaban J connectivity index is 2.67. The Morgan fingerprint density at radius 1 is 1.29 bits per heavy atom. The van der Waals surface area contributed by atoms with Gasteiger partial charge in [0, 0.05) is 24.4 Å². The molecule has 1 aromatic carbocycles. The topological polar surface area (TPSA) is 60.9 Å². The van der Waals surface area contributed by atoms with Crippen molar-refractivity contribution in [3.8, 4) is 11.1 Å². The molecule has 0 bridgehead atoms. The molecule has 0 aliphatic heterocycles. The van der Waals surface area contributed by atoms with Gasteiger partial charge in [-0.05, 0) is 25.5 Å². The SMILES string of the molecule is Cc1ccc(-c2cn(C)nc2C)c(C(N)=O)c1. The maximum absolute atomic E-state index is 11.5. The third kappa shape index (κ3) is 2.06. The molecule has 0 saturated carbocycles. The summed E-state index contributed by atoms with van der Waals surface area (Å²) in [6.07, 6.45) is 1.90. The van der Waals surface area contributed by atoms with Gasteiger partial charge in [-0.3, -0.25) is 9.48 Å². The van der Waals surface area contributed by atoms with Crippen molar-refractivity contribution < 1.29 is 4.79 Å². The van der Waals surface area contributed by atoms with Crippen molar-refractivity contribution in [2.45, 2.75) is 13.8 Å². The fourth-order valence-electron chi connectivity index (χ4n) is 1.96. The zero-order valence-corrected chi connectivity index (χ0v) is 10.2. The normalized spacial score (nSPS) is 10.5. The number of benzene rings is 1. The van der Waals surface area contributed by atoms with Gasteiger partial charge in [0.15, 0.2) is 0 Å². The molecular formula is C13H15N3O. The summed E-state index contributed by atoms with van der Waals surface area (Å²) in [5.41, 5.74) is 9.65. The van der Waals surface area contributed by atoms with Gasteiger partial charge in [0.05, 0.1) is 5.69 Å². The van der Waals surface area contributed by atoms with Crippen molar-refractivity contribution in [1.82, 2.24) is 9.78 Å². The van der Waals surface area contributed by atoms with Crippen LogP contribution < -0.4 is 5.73 Å². The molecule has 2 aromatic rings. The first-order valence-corrected chi connectivity index (χ1v) is 5.40. The van der Waals surface area contributed by atoms with Crippen LogP contribution in [0.5, 0.6) is 0 Å². The molecule has 88 valence electrons. The lowest BCUT2D eigenvalue weighted by Crippen LogP contribution is -2.12. The molecule has 1 heterocycles. The molecule has 0 radical (unpaired) electrons. The van der Waals surface area contributed by atoms with E-state index in [9.17, 15) is 4.79 Å². The quantitative estimate of drug-likeness (QED) is 0.853. The van der Waals surface area contributed by atoms with Crippen LogP contribution in [0.3, 0.4) is 0 Å². The molecule has 2 N–H and O–H groups in total. The Bertz CT molecular complexity index is 584. The van der Waals surface area contributed by atoms with E-state index in [4.69, 9.17) is 5.73 Å². The highest BCUT2D eigenvalue weighted by Gasteiger charge is 2.14. The molecule has 0 unspecified atom stereocenters. The lowest BCUT2D eigenvalue weighted by molar-refractivity contribution is 0.100. The number of hydrogen-bond acceptors (Lipinski definition) is 2. The lowest BCUT2D eigenvalue weighted by Gasteiger charge is -2.06.